The molecule has 2 rings (SSSR count). The van der Waals surface area contributed by atoms with Crippen molar-refractivity contribution < 1.29 is 9.53 Å². The maximum atomic E-state index is 11.8. The molecule has 98 valence electrons. The molecule has 1 aliphatic rings. The van der Waals surface area contributed by atoms with Crippen LogP contribution in [-0.2, 0) is 4.79 Å². The zero-order valence-corrected chi connectivity index (χ0v) is 10.7. The van der Waals surface area contributed by atoms with Crippen molar-refractivity contribution in [3.05, 3.63) is 24.3 Å². The van der Waals surface area contributed by atoms with E-state index in [9.17, 15) is 4.79 Å². The fourth-order valence-electron chi connectivity index (χ4n) is 2.16. The molecule has 1 aromatic carbocycles. The Balaban J connectivity index is 1.82. The molecular weight excluding hydrogens is 228 g/mol. The Morgan fingerprint density at radius 2 is 2.22 bits per heavy atom. The van der Waals surface area contributed by atoms with Crippen LogP contribution >= 0.6 is 0 Å². The van der Waals surface area contributed by atoms with Gasteiger partial charge in [0, 0.05) is 12.1 Å². The summed E-state index contributed by atoms with van der Waals surface area (Å²) in [5, 5.41) is 6.18. The van der Waals surface area contributed by atoms with E-state index in [1.807, 2.05) is 31.2 Å². The molecule has 1 unspecified atom stereocenters. The van der Waals surface area contributed by atoms with Crippen molar-refractivity contribution in [1.29, 1.82) is 0 Å². The molecule has 4 nitrogen and oxygen atoms in total. The second-order valence-corrected chi connectivity index (χ2v) is 4.57. The first kappa shape index (κ1) is 12.9. The summed E-state index contributed by atoms with van der Waals surface area (Å²) in [5.41, 5.74) is 0.828. The van der Waals surface area contributed by atoms with Crippen LogP contribution in [0.25, 0.3) is 0 Å². The Morgan fingerprint density at radius 3 is 2.83 bits per heavy atom. The monoisotopic (exact) mass is 248 g/mol. The summed E-state index contributed by atoms with van der Waals surface area (Å²) in [5.74, 6) is 1.40. The number of benzene rings is 1. The number of hydrogen-bond donors (Lipinski definition) is 2. The van der Waals surface area contributed by atoms with Gasteiger partial charge in [0.1, 0.15) is 5.75 Å². The van der Waals surface area contributed by atoms with Gasteiger partial charge >= 0.3 is 0 Å². The summed E-state index contributed by atoms with van der Waals surface area (Å²) in [6.45, 7) is 4.59. The van der Waals surface area contributed by atoms with E-state index in [-0.39, 0.29) is 5.91 Å². The second kappa shape index (κ2) is 6.40. The number of ether oxygens (including phenoxy) is 1. The average Bonchev–Trinajstić information content (AvgIpc) is 2.84. The maximum absolute atomic E-state index is 11.8. The van der Waals surface area contributed by atoms with Crippen molar-refractivity contribution in [3.63, 3.8) is 0 Å². The number of rotatable bonds is 5. The number of carbonyl (C=O) groups is 1. The van der Waals surface area contributed by atoms with Crippen LogP contribution in [0.4, 0.5) is 5.69 Å². The molecule has 1 atom stereocenters. The molecule has 0 aliphatic carbocycles. The van der Waals surface area contributed by atoms with Gasteiger partial charge in [-0.2, -0.15) is 0 Å². The summed E-state index contributed by atoms with van der Waals surface area (Å²) in [6.07, 6.45) is 1.69. The number of carbonyl (C=O) groups excluding carboxylic acids is 1. The Morgan fingerprint density at radius 1 is 1.44 bits per heavy atom. The topological polar surface area (TPSA) is 50.4 Å². The van der Waals surface area contributed by atoms with Gasteiger partial charge in [-0.05, 0) is 56.6 Å². The van der Waals surface area contributed by atoms with E-state index in [0.29, 0.717) is 18.9 Å². The number of hydrogen-bond acceptors (Lipinski definition) is 3. The van der Waals surface area contributed by atoms with Crippen molar-refractivity contribution in [1.82, 2.24) is 5.32 Å². The van der Waals surface area contributed by atoms with Crippen LogP contribution in [0.2, 0.25) is 0 Å². The molecule has 0 saturated carbocycles. The normalized spacial score (nSPS) is 18.6. The lowest BCUT2D eigenvalue weighted by molar-refractivity contribution is -0.116. The van der Waals surface area contributed by atoms with Crippen LogP contribution in [0.3, 0.4) is 0 Å². The van der Waals surface area contributed by atoms with Crippen LogP contribution in [0, 0.1) is 5.92 Å². The van der Waals surface area contributed by atoms with Crippen molar-refractivity contribution in [2.75, 3.05) is 25.0 Å². The minimum absolute atomic E-state index is 0.0906. The Hall–Kier alpha value is -1.55. The fourth-order valence-corrected chi connectivity index (χ4v) is 2.16. The minimum Gasteiger partial charge on any atom is -0.494 e. The predicted molar refractivity (Wildman–Crippen MR) is 71.8 cm³/mol. The van der Waals surface area contributed by atoms with Crippen LogP contribution in [0.1, 0.15) is 19.8 Å². The van der Waals surface area contributed by atoms with Gasteiger partial charge in [-0.25, -0.2) is 0 Å². The molecule has 0 radical (unpaired) electrons. The molecule has 0 spiro atoms. The Labute approximate surface area is 108 Å². The predicted octanol–water partition coefficient (Wildman–Crippen LogP) is 2.02. The van der Waals surface area contributed by atoms with Gasteiger partial charge in [-0.3, -0.25) is 4.79 Å². The molecule has 1 aromatic rings. The summed E-state index contributed by atoms with van der Waals surface area (Å²) >= 11 is 0. The van der Waals surface area contributed by atoms with Crippen LogP contribution in [0.15, 0.2) is 24.3 Å². The van der Waals surface area contributed by atoms with Gasteiger partial charge in [0.25, 0.3) is 0 Å². The average molecular weight is 248 g/mol. The Kier molecular flexibility index (Phi) is 4.59. The lowest BCUT2D eigenvalue weighted by Crippen LogP contribution is -2.18. The SMILES string of the molecule is CCOc1ccc(NC(=O)CC2CCNC2)cc1. The largest absolute Gasteiger partial charge is 0.494 e. The van der Waals surface area contributed by atoms with E-state index in [1.54, 1.807) is 0 Å². The van der Waals surface area contributed by atoms with E-state index in [1.165, 1.54) is 0 Å². The van der Waals surface area contributed by atoms with Crippen molar-refractivity contribution in [3.8, 4) is 5.75 Å². The van der Waals surface area contributed by atoms with E-state index in [2.05, 4.69) is 10.6 Å². The van der Waals surface area contributed by atoms with Gasteiger partial charge in [0.15, 0.2) is 0 Å². The van der Waals surface area contributed by atoms with Crippen molar-refractivity contribution in [2.24, 2.45) is 5.92 Å². The molecule has 1 fully saturated rings. The first-order valence-electron chi connectivity index (χ1n) is 6.51. The Bertz CT molecular complexity index is 383. The van der Waals surface area contributed by atoms with Gasteiger partial charge in [0.2, 0.25) is 5.91 Å². The number of amides is 1. The highest BCUT2D eigenvalue weighted by molar-refractivity contribution is 5.90. The fraction of sp³-hybridized carbons (Fsp3) is 0.500. The molecule has 1 amide bonds. The maximum Gasteiger partial charge on any atom is 0.224 e. The van der Waals surface area contributed by atoms with Crippen molar-refractivity contribution >= 4 is 11.6 Å². The highest BCUT2D eigenvalue weighted by Crippen LogP contribution is 2.17. The summed E-state index contributed by atoms with van der Waals surface area (Å²) in [4.78, 5) is 11.8. The summed E-state index contributed by atoms with van der Waals surface area (Å²) < 4.78 is 5.35. The first-order valence-corrected chi connectivity index (χ1v) is 6.51. The van der Waals surface area contributed by atoms with Crippen LogP contribution in [-0.4, -0.2) is 25.6 Å². The van der Waals surface area contributed by atoms with Gasteiger partial charge in [-0.1, -0.05) is 0 Å². The molecule has 0 bridgehead atoms. The molecule has 4 heteroatoms. The number of nitrogens with one attached hydrogen (secondary N) is 2. The van der Waals surface area contributed by atoms with Gasteiger partial charge in [0.05, 0.1) is 6.61 Å². The third-order valence-electron chi connectivity index (χ3n) is 3.09. The summed E-state index contributed by atoms with van der Waals surface area (Å²) in [6, 6.07) is 7.48. The molecule has 1 saturated heterocycles. The van der Waals surface area contributed by atoms with E-state index < -0.39 is 0 Å². The van der Waals surface area contributed by atoms with Gasteiger partial charge in [-0.15, -0.1) is 0 Å². The lowest BCUT2D eigenvalue weighted by atomic mass is 10.0. The highest BCUT2D eigenvalue weighted by atomic mass is 16.5. The van der Waals surface area contributed by atoms with Crippen molar-refractivity contribution in [2.45, 2.75) is 19.8 Å². The van der Waals surface area contributed by atoms with Gasteiger partial charge < -0.3 is 15.4 Å². The molecule has 0 aromatic heterocycles. The van der Waals surface area contributed by atoms with Crippen LogP contribution < -0.4 is 15.4 Å². The third kappa shape index (κ3) is 3.74. The highest BCUT2D eigenvalue weighted by Gasteiger charge is 2.17. The second-order valence-electron chi connectivity index (χ2n) is 4.57. The summed E-state index contributed by atoms with van der Waals surface area (Å²) in [7, 11) is 0. The molecule has 18 heavy (non-hydrogen) atoms. The lowest BCUT2D eigenvalue weighted by Gasteiger charge is -2.09. The van der Waals surface area contributed by atoms with E-state index in [0.717, 1.165) is 30.9 Å². The molecule has 1 aliphatic heterocycles. The molecule has 1 heterocycles. The van der Waals surface area contributed by atoms with E-state index in [4.69, 9.17) is 4.74 Å². The first-order chi connectivity index (χ1) is 8.78. The molecular formula is C14H20N2O2. The van der Waals surface area contributed by atoms with Crippen LogP contribution in [0.5, 0.6) is 5.75 Å². The minimum atomic E-state index is 0.0906. The smallest absolute Gasteiger partial charge is 0.224 e. The zero-order valence-electron chi connectivity index (χ0n) is 10.7. The van der Waals surface area contributed by atoms with E-state index >= 15 is 0 Å². The third-order valence-corrected chi connectivity index (χ3v) is 3.09. The quantitative estimate of drug-likeness (QED) is 0.838. The molecule has 2 N–H and O–H groups in total. The standard InChI is InChI=1S/C14H20N2O2/c1-2-18-13-5-3-12(4-6-13)16-14(17)9-11-7-8-15-10-11/h3-6,11,15H,2,7-10H2,1H3,(H,16,17). The zero-order chi connectivity index (χ0) is 12.8. The number of anilines is 1.